The molecule has 1 N–H and O–H groups in total. The van der Waals surface area contributed by atoms with Gasteiger partial charge in [-0.3, -0.25) is 4.99 Å². The molecule has 0 saturated carbocycles. The van der Waals surface area contributed by atoms with Gasteiger partial charge in [0.2, 0.25) is 0 Å². The van der Waals surface area contributed by atoms with E-state index in [9.17, 15) is 5.11 Å². The van der Waals surface area contributed by atoms with Crippen LogP contribution in [0.25, 0.3) is 0 Å². The number of hydrogen-bond donors (Lipinski definition) is 1. The summed E-state index contributed by atoms with van der Waals surface area (Å²) in [7, 11) is 0. The molecule has 0 aliphatic rings. The fourth-order valence-corrected chi connectivity index (χ4v) is 1.90. The average molecular weight is 253 g/mol. The number of para-hydroxylation sites is 1. The van der Waals surface area contributed by atoms with Crippen LogP contribution in [0.3, 0.4) is 0 Å². The molecule has 0 bridgehead atoms. The number of aliphatic imine (C=N–C) groups is 1. The molecule has 0 fully saturated rings. The standard InChI is InChI=1S/C17H19NO/c1-14(11-12-15-7-3-2-4-8-15)18-13-16-9-5-6-10-17(16)19/h2-10,13-14,19H,11-12H2,1H3/t14-/m0/s1. The highest BCUT2D eigenvalue weighted by Gasteiger charge is 2.00. The van der Waals surface area contributed by atoms with Gasteiger partial charge in [0.1, 0.15) is 5.75 Å². The van der Waals surface area contributed by atoms with Crippen LogP contribution in [0.1, 0.15) is 24.5 Å². The third-order valence-electron chi connectivity index (χ3n) is 3.10. The quantitative estimate of drug-likeness (QED) is 0.807. The topological polar surface area (TPSA) is 32.6 Å². The number of aromatic hydroxyl groups is 1. The molecular formula is C17H19NO. The maximum absolute atomic E-state index is 9.64. The molecular weight excluding hydrogens is 234 g/mol. The van der Waals surface area contributed by atoms with Crippen molar-refractivity contribution in [1.82, 2.24) is 0 Å². The number of phenols is 1. The Bertz CT molecular complexity index is 534. The van der Waals surface area contributed by atoms with Crippen LogP contribution in [0.15, 0.2) is 59.6 Å². The van der Waals surface area contributed by atoms with E-state index in [-0.39, 0.29) is 11.8 Å². The molecule has 0 saturated heterocycles. The zero-order valence-electron chi connectivity index (χ0n) is 11.2. The summed E-state index contributed by atoms with van der Waals surface area (Å²) in [6, 6.07) is 17.9. The van der Waals surface area contributed by atoms with E-state index < -0.39 is 0 Å². The number of hydrogen-bond acceptors (Lipinski definition) is 2. The van der Waals surface area contributed by atoms with Gasteiger partial charge in [0.25, 0.3) is 0 Å². The second-order valence-corrected chi connectivity index (χ2v) is 4.71. The monoisotopic (exact) mass is 253 g/mol. The zero-order valence-corrected chi connectivity index (χ0v) is 11.2. The molecule has 0 unspecified atom stereocenters. The van der Waals surface area contributed by atoms with E-state index >= 15 is 0 Å². The van der Waals surface area contributed by atoms with Crippen molar-refractivity contribution >= 4 is 6.21 Å². The van der Waals surface area contributed by atoms with Gasteiger partial charge in [-0.25, -0.2) is 0 Å². The highest BCUT2D eigenvalue weighted by atomic mass is 16.3. The van der Waals surface area contributed by atoms with E-state index in [2.05, 4.69) is 36.2 Å². The van der Waals surface area contributed by atoms with Crippen molar-refractivity contribution in [1.29, 1.82) is 0 Å². The molecule has 2 nitrogen and oxygen atoms in total. The molecule has 0 aliphatic carbocycles. The lowest BCUT2D eigenvalue weighted by Crippen LogP contribution is -2.01. The van der Waals surface area contributed by atoms with Gasteiger partial charge in [-0.15, -0.1) is 0 Å². The first-order valence-electron chi connectivity index (χ1n) is 6.61. The summed E-state index contributed by atoms with van der Waals surface area (Å²) in [6.07, 6.45) is 3.79. The van der Waals surface area contributed by atoms with Crippen LogP contribution in [0.5, 0.6) is 5.75 Å². The maximum Gasteiger partial charge on any atom is 0.124 e. The molecule has 19 heavy (non-hydrogen) atoms. The predicted octanol–water partition coefficient (Wildman–Crippen LogP) is 3.83. The summed E-state index contributed by atoms with van der Waals surface area (Å²) in [4.78, 5) is 4.49. The first-order valence-corrected chi connectivity index (χ1v) is 6.61. The molecule has 0 aromatic heterocycles. The van der Waals surface area contributed by atoms with Crippen molar-refractivity contribution in [2.45, 2.75) is 25.8 Å². The van der Waals surface area contributed by atoms with Crippen molar-refractivity contribution in [2.24, 2.45) is 4.99 Å². The average Bonchev–Trinajstić information content (AvgIpc) is 2.45. The minimum absolute atomic E-state index is 0.250. The number of rotatable bonds is 5. The van der Waals surface area contributed by atoms with E-state index in [0.717, 1.165) is 18.4 Å². The maximum atomic E-state index is 9.64. The molecule has 1 atom stereocenters. The van der Waals surface area contributed by atoms with Gasteiger partial charge in [0.15, 0.2) is 0 Å². The van der Waals surface area contributed by atoms with Crippen LogP contribution >= 0.6 is 0 Å². The Morgan fingerprint density at radius 2 is 1.74 bits per heavy atom. The molecule has 2 heteroatoms. The Labute approximate surface area is 114 Å². The number of aryl methyl sites for hydroxylation is 1. The Kier molecular flexibility index (Phi) is 4.73. The van der Waals surface area contributed by atoms with Crippen molar-refractivity contribution < 1.29 is 5.11 Å². The smallest absolute Gasteiger partial charge is 0.124 e. The fraction of sp³-hybridized carbons (Fsp3) is 0.235. The summed E-state index contributed by atoms with van der Waals surface area (Å²) < 4.78 is 0. The summed E-state index contributed by atoms with van der Waals surface area (Å²) in [6.45, 7) is 2.10. The predicted molar refractivity (Wildman–Crippen MR) is 79.9 cm³/mol. The Morgan fingerprint density at radius 1 is 1.05 bits per heavy atom. The van der Waals surface area contributed by atoms with Gasteiger partial charge in [0.05, 0.1) is 0 Å². The molecule has 0 radical (unpaired) electrons. The molecule has 0 aliphatic heterocycles. The van der Waals surface area contributed by atoms with Crippen molar-refractivity contribution in [3.8, 4) is 5.75 Å². The van der Waals surface area contributed by atoms with E-state index in [4.69, 9.17) is 0 Å². The molecule has 0 heterocycles. The van der Waals surface area contributed by atoms with Crippen molar-refractivity contribution in [2.75, 3.05) is 0 Å². The minimum Gasteiger partial charge on any atom is -0.507 e. The van der Waals surface area contributed by atoms with Crippen LogP contribution in [0, 0.1) is 0 Å². The van der Waals surface area contributed by atoms with Crippen LogP contribution in [-0.2, 0) is 6.42 Å². The largest absolute Gasteiger partial charge is 0.507 e. The third kappa shape index (κ3) is 4.25. The van der Waals surface area contributed by atoms with E-state index in [1.54, 1.807) is 12.3 Å². The molecule has 0 amide bonds. The summed E-state index contributed by atoms with van der Waals surface area (Å²) >= 11 is 0. The molecule has 2 aromatic carbocycles. The Balaban J connectivity index is 1.88. The minimum atomic E-state index is 0.250. The van der Waals surface area contributed by atoms with Crippen molar-refractivity contribution in [3.05, 3.63) is 65.7 Å². The third-order valence-corrected chi connectivity index (χ3v) is 3.10. The number of benzene rings is 2. The highest BCUT2D eigenvalue weighted by molar-refractivity contribution is 5.83. The molecule has 2 aromatic rings. The van der Waals surface area contributed by atoms with Gasteiger partial charge >= 0.3 is 0 Å². The van der Waals surface area contributed by atoms with E-state index in [0.29, 0.717) is 0 Å². The SMILES string of the molecule is C[C@@H](CCc1ccccc1)N=Cc1ccccc1O. The lowest BCUT2D eigenvalue weighted by molar-refractivity contribution is 0.474. The van der Waals surface area contributed by atoms with Gasteiger partial charge < -0.3 is 5.11 Å². The van der Waals surface area contributed by atoms with Gasteiger partial charge in [-0.05, 0) is 37.5 Å². The van der Waals surface area contributed by atoms with Crippen molar-refractivity contribution in [3.63, 3.8) is 0 Å². The van der Waals surface area contributed by atoms with E-state index in [1.807, 2.05) is 24.3 Å². The van der Waals surface area contributed by atoms with Gasteiger partial charge in [-0.1, -0.05) is 42.5 Å². The van der Waals surface area contributed by atoms with Gasteiger partial charge in [-0.2, -0.15) is 0 Å². The first kappa shape index (κ1) is 13.3. The van der Waals surface area contributed by atoms with Gasteiger partial charge in [0, 0.05) is 17.8 Å². The number of phenolic OH excluding ortho intramolecular Hbond substituents is 1. The normalized spacial score (nSPS) is 12.7. The molecule has 0 spiro atoms. The van der Waals surface area contributed by atoms with Crippen LogP contribution < -0.4 is 0 Å². The second kappa shape index (κ2) is 6.74. The van der Waals surface area contributed by atoms with E-state index in [1.165, 1.54) is 5.56 Å². The summed E-state index contributed by atoms with van der Waals surface area (Å²) in [5.74, 6) is 0.279. The Hall–Kier alpha value is -2.09. The summed E-state index contributed by atoms with van der Waals surface area (Å²) in [5, 5.41) is 9.64. The first-order chi connectivity index (χ1) is 9.25. The lowest BCUT2D eigenvalue weighted by atomic mass is 10.1. The second-order valence-electron chi connectivity index (χ2n) is 4.71. The Morgan fingerprint density at radius 3 is 2.47 bits per heavy atom. The molecule has 98 valence electrons. The lowest BCUT2D eigenvalue weighted by Gasteiger charge is -2.06. The molecule has 2 rings (SSSR count). The summed E-state index contributed by atoms with van der Waals surface area (Å²) in [5.41, 5.74) is 2.11. The fourth-order valence-electron chi connectivity index (χ4n) is 1.90. The van der Waals surface area contributed by atoms with Crippen LogP contribution in [-0.4, -0.2) is 17.4 Å². The van der Waals surface area contributed by atoms with Crippen LogP contribution in [0.4, 0.5) is 0 Å². The van der Waals surface area contributed by atoms with Crippen LogP contribution in [0.2, 0.25) is 0 Å². The number of nitrogens with zero attached hydrogens (tertiary/aromatic N) is 1. The zero-order chi connectivity index (χ0) is 13.5. The highest BCUT2D eigenvalue weighted by Crippen LogP contribution is 2.14.